The van der Waals surface area contributed by atoms with Crippen LogP contribution in [0.1, 0.15) is 5.56 Å². The second kappa shape index (κ2) is 4.45. The molecule has 0 saturated carbocycles. The molecule has 0 aliphatic rings. The van der Waals surface area contributed by atoms with Crippen LogP contribution in [0, 0.1) is 11.6 Å². The fraction of sp³-hybridized carbons (Fsp3) is 0. The molecule has 0 bridgehead atoms. The fourth-order valence-electron chi connectivity index (χ4n) is 0.859. The normalized spacial score (nSPS) is 10.5. The first-order valence-corrected chi connectivity index (χ1v) is 3.91. The van der Waals surface area contributed by atoms with Gasteiger partial charge in [-0.1, -0.05) is 12.1 Å². The van der Waals surface area contributed by atoms with E-state index in [1.165, 1.54) is 6.07 Å². The van der Waals surface area contributed by atoms with Gasteiger partial charge in [-0.25, -0.2) is 13.6 Å². The van der Waals surface area contributed by atoms with Crippen LogP contribution in [0.3, 0.4) is 0 Å². The molecule has 3 nitrogen and oxygen atoms in total. The number of hydrogen-bond donors (Lipinski definition) is 1. The molecule has 0 atom stereocenters. The zero-order chi connectivity index (χ0) is 11.4. The molecule has 78 valence electrons. The molecule has 1 N–H and O–H groups in total. The summed E-state index contributed by atoms with van der Waals surface area (Å²) in [6.07, 6.45) is 1.87. The minimum absolute atomic E-state index is 0.212. The standard InChI is InChI=1S/C10H6F2O3/c11-7-3-1-6(5-8(7)12)2-4-9(13)10(14)15/h1-5H,(H,14,15)/b4-2-. The van der Waals surface area contributed by atoms with Crippen LogP contribution in [0.4, 0.5) is 8.78 Å². The second-order valence-corrected chi connectivity index (χ2v) is 2.68. The lowest BCUT2D eigenvalue weighted by Gasteiger charge is -1.94. The molecule has 0 aliphatic heterocycles. The predicted octanol–water partition coefficient (Wildman–Crippen LogP) is 1.63. The van der Waals surface area contributed by atoms with Crippen LogP contribution < -0.4 is 0 Å². The van der Waals surface area contributed by atoms with Gasteiger partial charge >= 0.3 is 5.97 Å². The van der Waals surface area contributed by atoms with Gasteiger partial charge in [0.05, 0.1) is 0 Å². The van der Waals surface area contributed by atoms with E-state index < -0.39 is 23.4 Å². The molecule has 15 heavy (non-hydrogen) atoms. The summed E-state index contributed by atoms with van der Waals surface area (Å²) in [5, 5.41) is 8.22. The summed E-state index contributed by atoms with van der Waals surface area (Å²) >= 11 is 0. The fourth-order valence-corrected chi connectivity index (χ4v) is 0.859. The molecule has 0 amide bonds. The highest BCUT2D eigenvalue weighted by Crippen LogP contribution is 2.09. The average Bonchev–Trinajstić information content (AvgIpc) is 2.19. The predicted molar refractivity (Wildman–Crippen MR) is 48.0 cm³/mol. The molecule has 0 heterocycles. The molecule has 1 rings (SSSR count). The molecule has 0 unspecified atom stereocenters. The third-order valence-electron chi connectivity index (χ3n) is 1.58. The van der Waals surface area contributed by atoms with E-state index in [4.69, 9.17) is 5.11 Å². The van der Waals surface area contributed by atoms with Crippen LogP contribution in [0.25, 0.3) is 6.08 Å². The van der Waals surface area contributed by atoms with E-state index in [2.05, 4.69) is 0 Å². The Morgan fingerprint density at radius 1 is 1.20 bits per heavy atom. The summed E-state index contributed by atoms with van der Waals surface area (Å²) in [4.78, 5) is 20.7. The van der Waals surface area contributed by atoms with Crippen molar-refractivity contribution in [1.82, 2.24) is 0 Å². The van der Waals surface area contributed by atoms with Crippen LogP contribution >= 0.6 is 0 Å². The average molecular weight is 212 g/mol. The van der Waals surface area contributed by atoms with Gasteiger partial charge in [-0.3, -0.25) is 4.79 Å². The van der Waals surface area contributed by atoms with Crippen molar-refractivity contribution in [3.63, 3.8) is 0 Å². The molecule has 0 spiro atoms. The van der Waals surface area contributed by atoms with Crippen molar-refractivity contribution in [1.29, 1.82) is 0 Å². The lowest BCUT2D eigenvalue weighted by Crippen LogP contribution is -2.08. The van der Waals surface area contributed by atoms with E-state index in [0.29, 0.717) is 0 Å². The smallest absolute Gasteiger partial charge is 0.376 e. The molecule has 0 fully saturated rings. The van der Waals surface area contributed by atoms with Crippen molar-refractivity contribution in [2.45, 2.75) is 0 Å². The van der Waals surface area contributed by atoms with E-state index in [1.807, 2.05) is 0 Å². The molecular weight excluding hydrogens is 206 g/mol. The highest BCUT2D eigenvalue weighted by molar-refractivity contribution is 6.38. The Kier molecular flexibility index (Phi) is 3.28. The maximum absolute atomic E-state index is 12.7. The van der Waals surface area contributed by atoms with Gasteiger partial charge in [-0.2, -0.15) is 0 Å². The molecule has 1 aromatic rings. The molecule has 5 heteroatoms. The highest BCUT2D eigenvalue weighted by atomic mass is 19.2. The summed E-state index contributed by atoms with van der Waals surface area (Å²) in [5.41, 5.74) is 0.212. The van der Waals surface area contributed by atoms with Gasteiger partial charge in [0.1, 0.15) is 0 Å². The molecule has 0 aliphatic carbocycles. The number of halogens is 2. The van der Waals surface area contributed by atoms with E-state index >= 15 is 0 Å². The number of ketones is 1. The lowest BCUT2D eigenvalue weighted by molar-refractivity contribution is -0.146. The highest BCUT2D eigenvalue weighted by Gasteiger charge is 2.06. The van der Waals surface area contributed by atoms with Gasteiger partial charge in [-0.15, -0.1) is 0 Å². The number of aliphatic carboxylic acids is 1. The SMILES string of the molecule is O=C(O)C(=O)/C=C\c1ccc(F)c(F)c1. The van der Waals surface area contributed by atoms with Gasteiger partial charge in [0, 0.05) is 0 Å². The lowest BCUT2D eigenvalue weighted by atomic mass is 10.2. The molecule has 0 saturated heterocycles. The zero-order valence-electron chi connectivity index (χ0n) is 7.41. The summed E-state index contributed by atoms with van der Waals surface area (Å²) in [6.45, 7) is 0. The second-order valence-electron chi connectivity index (χ2n) is 2.68. The molecular formula is C10H6F2O3. The Bertz CT molecular complexity index is 438. The van der Waals surface area contributed by atoms with Gasteiger partial charge in [0.2, 0.25) is 0 Å². The Morgan fingerprint density at radius 3 is 2.40 bits per heavy atom. The van der Waals surface area contributed by atoms with Gasteiger partial charge < -0.3 is 5.11 Å². The molecule has 0 aromatic heterocycles. The number of hydrogen-bond acceptors (Lipinski definition) is 2. The topological polar surface area (TPSA) is 54.4 Å². The summed E-state index contributed by atoms with van der Waals surface area (Å²) in [6, 6.07) is 2.98. The van der Waals surface area contributed by atoms with E-state index in [-0.39, 0.29) is 5.56 Å². The number of carbonyl (C=O) groups is 2. The van der Waals surface area contributed by atoms with Gasteiger partial charge in [0.15, 0.2) is 11.6 Å². The maximum Gasteiger partial charge on any atom is 0.376 e. The first-order valence-electron chi connectivity index (χ1n) is 3.91. The number of carboxylic acid groups (broad SMARTS) is 1. The number of carboxylic acids is 1. The van der Waals surface area contributed by atoms with Crippen molar-refractivity contribution in [3.05, 3.63) is 41.5 Å². The summed E-state index contributed by atoms with van der Waals surface area (Å²) in [7, 11) is 0. The van der Waals surface area contributed by atoms with Crippen molar-refractivity contribution < 1.29 is 23.5 Å². The minimum Gasteiger partial charge on any atom is -0.475 e. The van der Waals surface area contributed by atoms with Crippen LogP contribution in [-0.4, -0.2) is 16.9 Å². The quantitative estimate of drug-likeness (QED) is 0.612. The molecule has 0 radical (unpaired) electrons. The van der Waals surface area contributed by atoms with E-state index in [1.54, 1.807) is 0 Å². The van der Waals surface area contributed by atoms with Crippen molar-refractivity contribution in [2.75, 3.05) is 0 Å². The molecule has 1 aromatic carbocycles. The van der Waals surface area contributed by atoms with E-state index in [0.717, 1.165) is 24.3 Å². The Balaban J connectivity index is 2.86. The maximum atomic E-state index is 12.7. The Morgan fingerprint density at radius 2 is 1.87 bits per heavy atom. The van der Waals surface area contributed by atoms with Gasteiger partial charge in [0.25, 0.3) is 5.78 Å². The monoisotopic (exact) mass is 212 g/mol. The number of benzene rings is 1. The van der Waals surface area contributed by atoms with E-state index in [9.17, 15) is 18.4 Å². The van der Waals surface area contributed by atoms with Crippen molar-refractivity contribution in [2.24, 2.45) is 0 Å². The first-order chi connectivity index (χ1) is 7.00. The summed E-state index contributed by atoms with van der Waals surface area (Å²) in [5.74, 6) is -4.79. The third kappa shape index (κ3) is 2.98. The number of rotatable bonds is 3. The van der Waals surface area contributed by atoms with Crippen LogP contribution in [0.2, 0.25) is 0 Å². The van der Waals surface area contributed by atoms with Crippen LogP contribution in [0.5, 0.6) is 0 Å². The Labute approximate surface area is 83.6 Å². The largest absolute Gasteiger partial charge is 0.475 e. The Hall–Kier alpha value is -2.04. The van der Waals surface area contributed by atoms with Crippen LogP contribution in [-0.2, 0) is 9.59 Å². The zero-order valence-corrected chi connectivity index (χ0v) is 7.41. The van der Waals surface area contributed by atoms with Crippen molar-refractivity contribution in [3.8, 4) is 0 Å². The summed E-state index contributed by atoms with van der Waals surface area (Å²) < 4.78 is 25.1. The number of carbonyl (C=O) groups excluding carboxylic acids is 1. The van der Waals surface area contributed by atoms with Crippen molar-refractivity contribution >= 4 is 17.8 Å². The van der Waals surface area contributed by atoms with Gasteiger partial charge in [-0.05, 0) is 23.8 Å². The first kappa shape index (κ1) is 11.0. The third-order valence-corrected chi connectivity index (χ3v) is 1.58. The minimum atomic E-state index is -1.60. The van der Waals surface area contributed by atoms with Crippen LogP contribution in [0.15, 0.2) is 24.3 Å².